The number of likely N-dealkylation sites (tertiary alicyclic amines) is 1. The van der Waals surface area contributed by atoms with E-state index in [0.29, 0.717) is 12.5 Å². The Balaban J connectivity index is 2.02. The molecule has 2 fully saturated rings. The zero-order chi connectivity index (χ0) is 13.3. The Morgan fingerprint density at radius 1 is 1.44 bits per heavy atom. The van der Waals surface area contributed by atoms with Crippen molar-refractivity contribution in [2.24, 2.45) is 11.3 Å². The third-order valence-electron chi connectivity index (χ3n) is 4.61. The molecule has 0 aromatic carbocycles. The fraction of sp³-hybridized carbons (Fsp3) is 0.929. The van der Waals surface area contributed by atoms with Crippen molar-refractivity contribution < 1.29 is 9.90 Å². The molecule has 4 heteroatoms. The molecule has 0 aromatic heterocycles. The van der Waals surface area contributed by atoms with E-state index in [0.717, 1.165) is 32.4 Å². The van der Waals surface area contributed by atoms with Crippen LogP contribution in [0.3, 0.4) is 0 Å². The molecule has 2 N–H and O–H groups in total. The van der Waals surface area contributed by atoms with E-state index in [2.05, 4.69) is 26.1 Å². The van der Waals surface area contributed by atoms with Crippen LogP contribution in [0.2, 0.25) is 0 Å². The molecule has 0 saturated carbocycles. The summed E-state index contributed by atoms with van der Waals surface area (Å²) < 4.78 is 0. The summed E-state index contributed by atoms with van der Waals surface area (Å²) in [5.74, 6) is 0.479. The second-order valence-electron chi connectivity index (χ2n) is 6.60. The Hall–Kier alpha value is -0.610. The first kappa shape index (κ1) is 13.8. The maximum Gasteiger partial charge on any atom is 0.240 e. The third-order valence-corrected chi connectivity index (χ3v) is 4.61. The Bertz CT molecular complexity index is 317. The second kappa shape index (κ2) is 5.17. The van der Waals surface area contributed by atoms with Crippen LogP contribution in [0.5, 0.6) is 0 Å². The van der Waals surface area contributed by atoms with Gasteiger partial charge in [-0.05, 0) is 37.1 Å². The fourth-order valence-electron chi connectivity index (χ4n) is 3.06. The van der Waals surface area contributed by atoms with Gasteiger partial charge in [0.2, 0.25) is 5.91 Å². The van der Waals surface area contributed by atoms with E-state index >= 15 is 0 Å². The number of hydrogen-bond acceptors (Lipinski definition) is 3. The Kier molecular flexibility index (Phi) is 3.97. The zero-order valence-corrected chi connectivity index (χ0v) is 11.8. The van der Waals surface area contributed by atoms with Gasteiger partial charge in [0.1, 0.15) is 0 Å². The van der Waals surface area contributed by atoms with Gasteiger partial charge in [0.05, 0.1) is 12.1 Å². The molecular formula is C14H26N2O2. The summed E-state index contributed by atoms with van der Waals surface area (Å²) in [6, 6.07) is -0.0909. The van der Waals surface area contributed by atoms with Crippen LogP contribution in [-0.4, -0.2) is 47.7 Å². The van der Waals surface area contributed by atoms with Crippen molar-refractivity contribution in [3.05, 3.63) is 0 Å². The Morgan fingerprint density at radius 2 is 2.17 bits per heavy atom. The summed E-state index contributed by atoms with van der Waals surface area (Å²) in [7, 11) is 0. The highest BCUT2D eigenvalue weighted by Crippen LogP contribution is 2.32. The van der Waals surface area contributed by atoms with Crippen LogP contribution in [0.1, 0.15) is 40.0 Å². The molecule has 2 heterocycles. The number of β-amino-alcohol motifs (C(OH)–C–C–N with tert-alkyl or cyclic N) is 1. The van der Waals surface area contributed by atoms with E-state index in [9.17, 15) is 9.90 Å². The number of aliphatic hydroxyl groups excluding tert-OH is 1. The average Bonchev–Trinajstić information content (AvgIpc) is 2.31. The number of piperidine rings is 2. The van der Waals surface area contributed by atoms with Crippen molar-refractivity contribution in [1.82, 2.24) is 10.2 Å². The van der Waals surface area contributed by atoms with E-state index in [1.54, 1.807) is 0 Å². The molecule has 18 heavy (non-hydrogen) atoms. The van der Waals surface area contributed by atoms with Crippen molar-refractivity contribution in [3.63, 3.8) is 0 Å². The van der Waals surface area contributed by atoms with E-state index in [-0.39, 0.29) is 23.5 Å². The number of nitrogens with zero attached hydrogens (tertiary/aromatic N) is 1. The molecule has 0 aliphatic carbocycles. The summed E-state index contributed by atoms with van der Waals surface area (Å²) in [5, 5.41) is 13.3. The van der Waals surface area contributed by atoms with Gasteiger partial charge in [-0.1, -0.05) is 20.8 Å². The molecule has 3 atom stereocenters. The summed E-state index contributed by atoms with van der Waals surface area (Å²) in [6.07, 6.45) is 2.76. The molecule has 0 bridgehead atoms. The van der Waals surface area contributed by atoms with Crippen molar-refractivity contribution in [2.45, 2.75) is 52.2 Å². The quantitative estimate of drug-likeness (QED) is 0.734. The van der Waals surface area contributed by atoms with Crippen molar-refractivity contribution in [2.75, 3.05) is 19.6 Å². The topological polar surface area (TPSA) is 52.6 Å². The number of carbonyl (C=O) groups excluding carboxylic acids is 1. The van der Waals surface area contributed by atoms with Gasteiger partial charge in [-0.15, -0.1) is 0 Å². The lowest BCUT2D eigenvalue weighted by Gasteiger charge is -2.43. The van der Waals surface area contributed by atoms with Gasteiger partial charge in [-0.25, -0.2) is 0 Å². The van der Waals surface area contributed by atoms with Crippen LogP contribution < -0.4 is 5.32 Å². The summed E-state index contributed by atoms with van der Waals surface area (Å²) in [6.45, 7) is 8.57. The molecule has 2 rings (SSSR count). The molecule has 3 unspecified atom stereocenters. The third kappa shape index (κ3) is 2.69. The van der Waals surface area contributed by atoms with Crippen LogP contribution in [0.25, 0.3) is 0 Å². The molecule has 104 valence electrons. The molecule has 2 aliphatic rings. The molecule has 2 aliphatic heterocycles. The van der Waals surface area contributed by atoms with E-state index < -0.39 is 0 Å². The van der Waals surface area contributed by atoms with E-state index in [1.807, 2.05) is 4.90 Å². The summed E-state index contributed by atoms with van der Waals surface area (Å²) in [4.78, 5) is 14.4. The fourth-order valence-corrected chi connectivity index (χ4v) is 3.06. The highest BCUT2D eigenvalue weighted by molar-refractivity contribution is 5.83. The van der Waals surface area contributed by atoms with Crippen LogP contribution >= 0.6 is 0 Å². The first-order valence-electron chi connectivity index (χ1n) is 7.12. The molecule has 2 saturated heterocycles. The molecular weight excluding hydrogens is 228 g/mol. The maximum atomic E-state index is 12.6. The van der Waals surface area contributed by atoms with Gasteiger partial charge in [0.15, 0.2) is 0 Å². The molecule has 0 radical (unpaired) electrons. The van der Waals surface area contributed by atoms with Crippen LogP contribution in [-0.2, 0) is 4.79 Å². The average molecular weight is 254 g/mol. The van der Waals surface area contributed by atoms with E-state index in [4.69, 9.17) is 0 Å². The van der Waals surface area contributed by atoms with Crippen LogP contribution in [0, 0.1) is 11.3 Å². The van der Waals surface area contributed by atoms with Crippen LogP contribution in [0.15, 0.2) is 0 Å². The maximum absolute atomic E-state index is 12.6. The van der Waals surface area contributed by atoms with Crippen molar-refractivity contribution in [3.8, 4) is 0 Å². The minimum atomic E-state index is -0.366. The molecule has 4 nitrogen and oxygen atoms in total. The first-order valence-corrected chi connectivity index (χ1v) is 7.12. The number of nitrogens with one attached hydrogen (secondary N) is 1. The Labute approximate surface area is 110 Å². The summed E-state index contributed by atoms with van der Waals surface area (Å²) >= 11 is 0. The monoisotopic (exact) mass is 254 g/mol. The lowest BCUT2D eigenvalue weighted by molar-refractivity contribution is -0.141. The van der Waals surface area contributed by atoms with Crippen LogP contribution in [0.4, 0.5) is 0 Å². The SMILES string of the molecule is CC1CCN(C(=O)C2NCCCC2(C)C)CC1O. The van der Waals surface area contributed by atoms with Gasteiger partial charge in [0, 0.05) is 13.1 Å². The second-order valence-corrected chi connectivity index (χ2v) is 6.60. The predicted molar refractivity (Wildman–Crippen MR) is 71.2 cm³/mol. The van der Waals surface area contributed by atoms with Crippen molar-refractivity contribution >= 4 is 5.91 Å². The lowest BCUT2D eigenvalue weighted by Crippen LogP contribution is -2.59. The highest BCUT2D eigenvalue weighted by Gasteiger charge is 2.40. The number of rotatable bonds is 1. The van der Waals surface area contributed by atoms with Gasteiger partial charge < -0.3 is 15.3 Å². The highest BCUT2D eigenvalue weighted by atomic mass is 16.3. The number of amides is 1. The number of hydrogen-bond donors (Lipinski definition) is 2. The molecule has 0 aromatic rings. The largest absolute Gasteiger partial charge is 0.391 e. The molecule has 0 spiro atoms. The summed E-state index contributed by atoms with van der Waals surface area (Å²) in [5.41, 5.74) is 0.0172. The predicted octanol–water partition coefficient (Wildman–Crippen LogP) is 0.994. The van der Waals surface area contributed by atoms with E-state index in [1.165, 1.54) is 0 Å². The van der Waals surface area contributed by atoms with Gasteiger partial charge in [-0.3, -0.25) is 4.79 Å². The smallest absolute Gasteiger partial charge is 0.240 e. The van der Waals surface area contributed by atoms with Gasteiger partial charge in [0.25, 0.3) is 0 Å². The number of carbonyl (C=O) groups is 1. The van der Waals surface area contributed by atoms with Gasteiger partial charge in [-0.2, -0.15) is 0 Å². The zero-order valence-electron chi connectivity index (χ0n) is 11.8. The van der Waals surface area contributed by atoms with Gasteiger partial charge >= 0.3 is 0 Å². The Morgan fingerprint density at radius 3 is 2.78 bits per heavy atom. The number of aliphatic hydroxyl groups is 1. The first-order chi connectivity index (χ1) is 8.42. The lowest BCUT2D eigenvalue weighted by atomic mass is 9.76. The normalized spacial score (nSPS) is 36.4. The minimum absolute atomic E-state index is 0.0172. The molecule has 1 amide bonds. The standard InChI is InChI=1S/C14H26N2O2/c1-10-5-8-16(9-11(10)17)13(18)12-14(2,3)6-4-7-15-12/h10-12,15,17H,4-9H2,1-3H3. The minimum Gasteiger partial charge on any atom is -0.391 e. The van der Waals surface area contributed by atoms with Crippen molar-refractivity contribution in [1.29, 1.82) is 0 Å².